The van der Waals surface area contributed by atoms with Crippen LogP contribution in [0.3, 0.4) is 0 Å². The van der Waals surface area contributed by atoms with Gasteiger partial charge in [-0.2, -0.15) is 0 Å². The number of hydrogen-bond acceptors (Lipinski definition) is 2. The highest BCUT2D eigenvalue weighted by molar-refractivity contribution is 6.30. The number of hydrogen-bond donors (Lipinski definition) is 0. The molecule has 0 aliphatic rings. The first-order chi connectivity index (χ1) is 9.47. The van der Waals surface area contributed by atoms with E-state index in [0.717, 1.165) is 5.56 Å². The van der Waals surface area contributed by atoms with E-state index in [2.05, 4.69) is 0 Å². The summed E-state index contributed by atoms with van der Waals surface area (Å²) >= 11 is 5.82. The first-order valence-electron chi connectivity index (χ1n) is 6.51. The van der Waals surface area contributed by atoms with Gasteiger partial charge in [-0.1, -0.05) is 23.7 Å². The molecule has 0 saturated carbocycles. The Morgan fingerprint density at radius 1 is 1.05 bits per heavy atom. The largest absolute Gasteiger partial charge is 0.483 e. The van der Waals surface area contributed by atoms with Gasteiger partial charge in [0.15, 0.2) is 6.10 Å². The van der Waals surface area contributed by atoms with E-state index < -0.39 is 6.10 Å². The fourth-order valence-electron chi connectivity index (χ4n) is 1.90. The van der Waals surface area contributed by atoms with Crippen LogP contribution in [0.1, 0.15) is 28.4 Å². The Hall–Kier alpha value is -1.80. The molecule has 3 heteroatoms. The molecular formula is C17H17ClO2. The molecule has 0 aromatic heterocycles. The molecule has 0 aliphatic heterocycles. The minimum atomic E-state index is -0.529. The highest BCUT2D eigenvalue weighted by atomic mass is 35.5. The van der Waals surface area contributed by atoms with Gasteiger partial charge in [0.2, 0.25) is 5.78 Å². The third-order valence-corrected chi connectivity index (χ3v) is 3.54. The summed E-state index contributed by atoms with van der Waals surface area (Å²) in [5.41, 5.74) is 2.96. The van der Waals surface area contributed by atoms with Crippen LogP contribution in [0.25, 0.3) is 0 Å². The van der Waals surface area contributed by atoms with Gasteiger partial charge in [0.25, 0.3) is 0 Å². The molecule has 0 aliphatic carbocycles. The number of Topliss-reactive ketones (excluding diaryl/α,β-unsaturated/α-hetero) is 1. The van der Waals surface area contributed by atoms with Crippen molar-refractivity contribution in [2.45, 2.75) is 26.9 Å². The molecule has 2 aromatic rings. The van der Waals surface area contributed by atoms with Gasteiger partial charge in [0.1, 0.15) is 5.75 Å². The lowest BCUT2D eigenvalue weighted by Gasteiger charge is -2.14. The highest BCUT2D eigenvalue weighted by Gasteiger charge is 2.17. The normalized spacial score (nSPS) is 12.0. The van der Waals surface area contributed by atoms with E-state index in [1.807, 2.05) is 32.0 Å². The molecule has 20 heavy (non-hydrogen) atoms. The van der Waals surface area contributed by atoms with Crippen LogP contribution in [0.2, 0.25) is 5.02 Å². The number of carbonyl (C=O) groups is 1. The van der Waals surface area contributed by atoms with Crippen LogP contribution in [-0.4, -0.2) is 11.9 Å². The number of halogens is 1. The average molecular weight is 289 g/mol. The minimum absolute atomic E-state index is 0.0250. The number of ether oxygens (including phenoxy) is 1. The lowest BCUT2D eigenvalue weighted by molar-refractivity contribution is 0.0818. The smallest absolute Gasteiger partial charge is 0.203 e. The van der Waals surface area contributed by atoms with Gasteiger partial charge in [-0.15, -0.1) is 0 Å². The molecule has 2 nitrogen and oxygen atoms in total. The van der Waals surface area contributed by atoms with Crippen molar-refractivity contribution in [1.82, 2.24) is 0 Å². The Kier molecular flexibility index (Phi) is 4.46. The van der Waals surface area contributed by atoms with Crippen molar-refractivity contribution in [1.29, 1.82) is 0 Å². The number of aryl methyl sites for hydroxylation is 2. The summed E-state index contributed by atoms with van der Waals surface area (Å²) in [6, 6.07) is 12.7. The molecule has 0 saturated heterocycles. The second kappa shape index (κ2) is 6.10. The number of rotatable bonds is 4. The van der Waals surface area contributed by atoms with Crippen LogP contribution in [0, 0.1) is 13.8 Å². The average Bonchev–Trinajstić information content (AvgIpc) is 2.43. The molecule has 0 spiro atoms. The van der Waals surface area contributed by atoms with Crippen LogP contribution in [-0.2, 0) is 0 Å². The lowest BCUT2D eigenvalue weighted by atomic mass is 10.0. The molecule has 0 N–H and O–H groups in total. The minimum Gasteiger partial charge on any atom is -0.483 e. The van der Waals surface area contributed by atoms with Crippen molar-refractivity contribution in [3.05, 3.63) is 64.2 Å². The van der Waals surface area contributed by atoms with Crippen molar-refractivity contribution >= 4 is 17.4 Å². The molecule has 1 atom stereocenters. The molecule has 0 bridgehead atoms. The Morgan fingerprint density at radius 3 is 2.30 bits per heavy atom. The summed E-state index contributed by atoms with van der Waals surface area (Å²) < 4.78 is 5.65. The van der Waals surface area contributed by atoms with Crippen LogP contribution in [0.15, 0.2) is 42.5 Å². The van der Waals surface area contributed by atoms with Gasteiger partial charge < -0.3 is 4.74 Å². The van der Waals surface area contributed by atoms with E-state index in [4.69, 9.17) is 16.3 Å². The van der Waals surface area contributed by atoms with Crippen LogP contribution >= 0.6 is 11.6 Å². The summed E-state index contributed by atoms with van der Waals surface area (Å²) in [5.74, 6) is 0.613. The van der Waals surface area contributed by atoms with Crippen molar-refractivity contribution in [2.24, 2.45) is 0 Å². The van der Waals surface area contributed by atoms with Gasteiger partial charge in [0.05, 0.1) is 0 Å². The molecule has 0 amide bonds. The van der Waals surface area contributed by atoms with Gasteiger partial charge in [0, 0.05) is 10.6 Å². The maximum atomic E-state index is 12.3. The van der Waals surface area contributed by atoms with E-state index in [1.165, 1.54) is 5.56 Å². The molecule has 0 radical (unpaired) electrons. The van der Waals surface area contributed by atoms with Crippen molar-refractivity contribution in [3.63, 3.8) is 0 Å². The van der Waals surface area contributed by atoms with Gasteiger partial charge in [-0.25, -0.2) is 0 Å². The Labute approximate surface area is 124 Å². The third kappa shape index (κ3) is 3.40. The van der Waals surface area contributed by atoms with E-state index in [0.29, 0.717) is 16.3 Å². The monoisotopic (exact) mass is 288 g/mol. The lowest BCUT2D eigenvalue weighted by Crippen LogP contribution is -2.24. The first-order valence-corrected chi connectivity index (χ1v) is 6.89. The maximum absolute atomic E-state index is 12.3. The van der Waals surface area contributed by atoms with Gasteiger partial charge in [-0.3, -0.25) is 4.79 Å². The molecule has 0 heterocycles. The molecule has 104 valence electrons. The molecule has 2 rings (SSSR count). The number of carbonyl (C=O) groups excluding carboxylic acids is 1. The zero-order chi connectivity index (χ0) is 14.7. The van der Waals surface area contributed by atoms with E-state index in [1.54, 1.807) is 31.2 Å². The SMILES string of the molecule is Cc1ccc(C(=O)C(C)Oc2ccc(Cl)cc2)cc1C. The van der Waals surface area contributed by atoms with E-state index in [9.17, 15) is 4.79 Å². The zero-order valence-corrected chi connectivity index (χ0v) is 12.6. The Bertz CT molecular complexity index is 617. The van der Waals surface area contributed by atoms with Crippen LogP contribution < -0.4 is 4.74 Å². The molecule has 2 aromatic carbocycles. The van der Waals surface area contributed by atoms with Gasteiger partial charge in [-0.05, 0) is 62.2 Å². The predicted octanol–water partition coefficient (Wildman–Crippen LogP) is 4.61. The standard InChI is InChI=1S/C17H17ClO2/c1-11-4-5-14(10-12(11)2)17(19)13(3)20-16-8-6-15(18)7-9-16/h4-10,13H,1-3H3. The topological polar surface area (TPSA) is 26.3 Å². The van der Waals surface area contributed by atoms with E-state index >= 15 is 0 Å². The fraction of sp³-hybridized carbons (Fsp3) is 0.235. The summed E-state index contributed by atoms with van der Waals surface area (Å²) in [6.07, 6.45) is -0.529. The van der Waals surface area contributed by atoms with E-state index in [-0.39, 0.29) is 5.78 Å². The van der Waals surface area contributed by atoms with Crippen molar-refractivity contribution in [2.75, 3.05) is 0 Å². The Balaban J connectivity index is 2.11. The van der Waals surface area contributed by atoms with Crippen molar-refractivity contribution < 1.29 is 9.53 Å². The predicted molar refractivity (Wildman–Crippen MR) is 81.8 cm³/mol. The van der Waals surface area contributed by atoms with Gasteiger partial charge >= 0.3 is 0 Å². The second-order valence-corrected chi connectivity index (χ2v) is 5.31. The fourth-order valence-corrected chi connectivity index (χ4v) is 2.03. The Morgan fingerprint density at radius 2 is 1.70 bits per heavy atom. The molecular weight excluding hydrogens is 272 g/mol. The van der Waals surface area contributed by atoms with Crippen molar-refractivity contribution in [3.8, 4) is 5.75 Å². The van der Waals surface area contributed by atoms with Crippen LogP contribution in [0.5, 0.6) is 5.75 Å². The highest BCUT2D eigenvalue weighted by Crippen LogP contribution is 2.19. The number of benzene rings is 2. The third-order valence-electron chi connectivity index (χ3n) is 3.29. The van der Waals surface area contributed by atoms with Crippen LogP contribution in [0.4, 0.5) is 0 Å². The second-order valence-electron chi connectivity index (χ2n) is 4.88. The summed E-state index contributed by atoms with van der Waals surface area (Å²) in [4.78, 5) is 12.3. The summed E-state index contributed by atoms with van der Waals surface area (Å²) in [7, 11) is 0. The summed E-state index contributed by atoms with van der Waals surface area (Å²) in [6.45, 7) is 5.78. The number of ketones is 1. The quantitative estimate of drug-likeness (QED) is 0.768. The molecule has 0 fully saturated rings. The maximum Gasteiger partial charge on any atom is 0.203 e. The zero-order valence-electron chi connectivity index (χ0n) is 11.8. The summed E-state index contributed by atoms with van der Waals surface area (Å²) in [5, 5.41) is 0.644. The molecule has 1 unspecified atom stereocenters. The first kappa shape index (κ1) is 14.6.